The molecule has 0 fully saturated rings. The Balaban J connectivity index is 4.11. The highest BCUT2D eigenvalue weighted by atomic mass is 79.9. The van der Waals surface area contributed by atoms with Gasteiger partial charge in [-0.1, -0.05) is 15.9 Å². The number of hydrogen-bond donors (Lipinski definition) is 0. The topological polar surface area (TPSA) is 44.1 Å². The Morgan fingerprint density at radius 1 is 1.64 bits per heavy atom. The molecule has 0 spiro atoms. The maximum Gasteiger partial charge on any atom is 0.250 e. The standard InChI is InChI=1S/C7H11BrN2O/c1-3-10(4-2)7(11)6(8)5-9/h6H,3-4H2,1-2H3. The van der Waals surface area contributed by atoms with Gasteiger partial charge in [0.25, 0.3) is 5.91 Å². The first-order valence-electron chi connectivity index (χ1n) is 3.49. The van der Waals surface area contributed by atoms with Crippen LogP contribution in [-0.4, -0.2) is 28.7 Å². The summed E-state index contributed by atoms with van der Waals surface area (Å²) >= 11 is 2.97. The minimum atomic E-state index is -0.692. The molecule has 11 heavy (non-hydrogen) atoms. The van der Waals surface area contributed by atoms with E-state index in [1.54, 1.807) is 4.90 Å². The summed E-state index contributed by atoms with van der Waals surface area (Å²) < 4.78 is 0. The van der Waals surface area contributed by atoms with E-state index in [9.17, 15) is 4.79 Å². The van der Waals surface area contributed by atoms with Crippen LogP contribution in [0.1, 0.15) is 13.8 Å². The normalized spacial score (nSPS) is 11.8. The second kappa shape index (κ2) is 5.14. The van der Waals surface area contributed by atoms with Crippen molar-refractivity contribution in [2.75, 3.05) is 13.1 Å². The van der Waals surface area contributed by atoms with Crippen molar-refractivity contribution in [2.24, 2.45) is 0 Å². The Morgan fingerprint density at radius 3 is 2.36 bits per heavy atom. The molecule has 62 valence electrons. The Hall–Kier alpha value is -0.560. The number of alkyl halides is 1. The molecular weight excluding hydrogens is 208 g/mol. The van der Waals surface area contributed by atoms with Crippen molar-refractivity contribution in [3.05, 3.63) is 0 Å². The first kappa shape index (κ1) is 10.4. The Labute approximate surface area is 75.1 Å². The summed E-state index contributed by atoms with van der Waals surface area (Å²) in [5.74, 6) is -0.155. The number of amides is 1. The van der Waals surface area contributed by atoms with Crippen LogP contribution in [0.3, 0.4) is 0 Å². The van der Waals surface area contributed by atoms with Crippen LogP contribution in [-0.2, 0) is 4.79 Å². The third-order valence-electron chi connectivity index (χ3n) is 1.41. The molecule has 0 aromatic carbocycles. The first-order chi connectivity index (χ1) is 5.17. The van der Waals surface area contributed by atoms with Crippen LogP contribution < -0.4 is 0 Å². The Bertz CT molecular complexity index is 172. The van der Waals surface area contributed by atoms with E-state index < -0.39 is 4.83 Å². The lowest BCUT2D eigenvalue weighted by atomic mass is 10.4. The quantitative estimate of drug-likeness (QED) is 0.668. The fraction of sp³-hybridized carbons (Fsp3) is 0.714. The number of halogens is 1. The summed E-state index contributed by atoms with van der Waals surface area (Å²) in [6, 6.07) is 1.84. The third-order valence-corrected chi connectivity index (χ3v) is 2.00. The predicted molar refractivity (Wildman–Crippen MR) is 46.3 cm³/mol. The molecule has 3 nitrogen and oxygen atoms in total. The van der Waals surface area contributed by atoms with E-state index in [4.69, 9.17) is 5.26 Å². The lowest BCUT2D eigenvalue weighted by molar-refractivity contribution is -0.129. The van der Waals surface area contributed by atoms with Crippen molar-refractivity contribution in [1.29, 1.82) is 5.26 Å². The number of nitriles is 1. The van der Waals surface area contributed by atoms with Gasteiger partial charge in [-0.2, -0.15) is 5.26 Å². The molecule has 1 amide bonds. The van der Waals surface area contributed by atoms with Crippen molar-refractivity contribution in [1.82, 2.24) is 4.90 Å². The van der Waals surface area contributed by atoms with Crippen molar-refractivity contribution in [3.63, 3.8) is 0 Å². The molecule has 0 aliphatic carbocycles. The summed E-state index contributed by atoms with van der Waals surface area (Å²) in [4.78, 5) is 12.1. The van der Waals surface area contributed by atoms with Gasteiger partial charge >= 0.3 is 0 Å². The second-order valence-electron chi connectivity index (χ2n) is 2.00. The van der Waals surface area contributed by atoms with Gasteiger partial charge in [-0.25, -0.2) is 0 Å². The molecule has 0 aromatic rings. The lowest BCUT2D eigenvalue weighted by Crippen LogP contribution is -2.35. The van der Waals surface area contributed by atoms with Gasteiger partial charge in [-0.15, -0.1) is 0 Å². The minimum Gasteiger partial charge on any atom is -0.341 e. The van der Waals surface area contributed by atoms with Crippen molar-refractivity contribution >= 4 is 21.8 Å². The maximum atomic E-state index is 11.2. The van der Waals surface area contributed by atoms with Crippen LogP contribution in [0.5, 0.6) is 0 Å². The van der Waals surface area contributed by atoms with Gasteiger partial charge in [-0.3, -0.25) is 4.79 Å². The number of rotatable bonds is 3. The molecule has 0 bridgehead atoms. The smallest absolute Gasteiger partial charge is 0.250 e. The highest BCUT2D eigenvalue weighted by molar-refractivity contribution is 9.10. The molecule has 0 aliphatic heterocycles. The Kier molecular flexibility index (Phi) is 4.88. The van der Waals surface area contributed by atoms with Gasteiger partial charge in [0, 0.05) is 13.1 Å². The van der Waals surface area contributed by atoms with Gasteiger partial charge in [0.2, 0.25) is 0 Å². The van der Waals surface area contributed by atoms with E-state index in [0.717, 1.165) is 0 Å². The molecule has 1 unspecified atom stereocenters. The van der Waals surface area contributed by atoms with E-state index in [2.05, 4.69) is 15.9 Å². The molecule has 0 N–H and O–H groups in total. The maximum absolute atomic E-state index is 11.2. The highest BCUT2D eigenvalue weighted by Gasteiger charge is 2.18. The van der Waals surface area contributed by atoms with Gasteiger partial charge < -0.3 is 4.90 Å². The fourth-order valence-electron chi connectivity index (χ4n) is 0.751. The zero-order chi connectivity index (χ0) is 8.85. The average Bonchev–Trinajstić information content (AvgIpc) is 2.05. The van der Waals surface area contributed by atoms with Gasteiger partial charge in [0.05, 0.1) is 6.07 Å². The molecule has 0 aromatic heterocycles. The molecule has 0 rings (SSSR count). The first-order valence-corrected chi connectivity index (χ1v) is 4.41. The van der Waals surface area contributed by atoms with Crippen LogP contribution in [0.25, 0.3) is 0 Å². The zero-order valence-electron chi connectivity index (χ0n) is 6.67. The third kappa shape index (κ3) is 2.89. The molecule has 0 aliphatic rings. The predicted octanol–water partition coefficient (Wildman–Crippen LogP) is 1.14. The largest absolute Gasteiger partial charge is 0.341 e. The fourth-order valence-corrected chi connectivity index (χ4v) is 1.04. The van der Waals surface area contributed by atoms with Crippen LogP contribution >= 0.6 is 15.9 Å². The zero-order valence-corrected chi connectivity index (χ0v) is 8.26. The van der Waals surface area contributed by atoms with Crippen molar-refractivity contribution in [2.45, 2.75) is 18.7 Å². The molecular formula is C7H11BrN2O. The van der Waals surface area contributed by atoms with Crippen LogP contribution in [0.15, 0.2) is 0 Å². The van der Waals surface area contributed by atoms with Gasteiger partial charge in [0.15, 0.2) is 4.83 Å². The van der Waals surface area contributed by atoms with E-state index in [0.29, 0.717) is 13.1 Å². The van der Waals surface area contributed by atoms with E-state index in [1.165, 1.54) is 0 Å². The van der Waals surface area contributed by atoms with Crippen molar-refractivity contribution < 1.29 is 4.79 Å². The van der Waals surface area contributed by atoms with E-state index >= 15 is 0 Å². The average molecular weight is 219 g/mol. The lowest BCUT2D eigenvalue weighted by Gasteiger charge is -2.18. The van der Waals surface area contributed by atoms with Crippen molar-refractivity contribution in [3.8, 4) is 6.07 Å². The second-order valence-corrected chi connectivity index (χ2v) is 2.92. The van der Waals surface area contributed by atoms with E-state index in [-0.39, 0.29) is 5.91 Å². The van der Waals surface area contributed by atoms with Gasteiger partial charge in [0.1, 0.15) is 0 Å². The van der Waals surface area contributed by atoms with Crippen LogP contribution in [0.4, 0.5) is 0 Å². The van der Waals surface area contributed by atoms with Gasteiger partial charge in [-0.05, 0) is 13.8 Å². The SMILES string of the molecule is CCN(CC)C(=O)C(Br)C#N. The number of carbonyl (C=O) groups excluding carboxylic acids is 1. The summed E-state index contributed by atoms with van der Waals surface area (Å²) in [5, 5.41) is 8.40. The molecule has 1 atom stereocenters. The molecule has 0 saturated carbocycles. The summed E-state index contributed by atoms with van der Waals surface area (Å²) in [6.45, 7) is 5.08. The molecule has 0 radical (unpaired) electrons. The number of carbonyl (C=O) groups is 1. The molecule has 0 saturated heterocycles. The summed E-state index contributed by atoms with van der Waals surface area (Å²) in [6.07, 6.45) is 0. The van der Waals surface area contributed by atoms with E-state index in [1.807, 2.05) is 19.9 Å². The molecule has 4 heteroatoms. The number of hydrogen-bond acceptors (Lipinski definition) is 2. The summed E-state index contributed by atoms with van der Waals surface area (Å²) in [5.41, 5.74) is 0. The summed E-state index contributed by atoms with van der Waals surface area (Å²) in [7, 11) is 0. The number of nitrogens with zero attached hydrogens (tertiary/aromatic N) is 2. The minimum absolute atomic E-state index is 0.155. The van der Waals surface area contributed by atoms with Crippen LogP contribution in [0, 0.1) is 11.3 Å². The highest BCUT2D eigenvalue weighted by Crippen LogP contribution is 2.02. The monoisotopic (exact) mass is 218 g/mol. The molecule has 0 heterocycles. The van der Waals surface area contributed by atoms with Crippen LogP contribution in [0.2, 0.25) is 0 Å². The Morgan fingerprint density at radius 2 is 2.09 bits per heavy atom.